The average molecular weight is 185 g/mol. The molecule has 0 aliphatic carbocycles. The van der Waals surface area contributed by atoms with Crippen LogP contribution in [-0.2, 0) is 12.3 Å². The van der Waals surface area contributed by atoms with E-state index in [9.17, 15) is 0 Å². The molecular weight excluding hydrogens is 168 g/mol. The van der Waals surface area contributed by atoms with Crippen molar-refractivity contribution in [2.24, 2.45) is 0 Å². The molecular formula is C9H17N2S+. The lowest BCUT2D eigenvalue weighted by Gasteiger charge is -1.97. The minimum Gasteiger partial charge on any atom is -0.247 e. The molecule has 0 atom stereocenters. The number of imidazole rings is 1. The van der Waals surface area contributed by atoms with Gasteiger partial charge in [0.25, 0.3) is 5.82 Å². The Morgan fingerprint density at radius 1 is 1.50 bits per heavy atom. The molecule has 1 aromatic heterocycles. The zero-order valence-electron chi connectivity index (χ0n) is 7.84. The van der Waals surface area contributed by atoms with Crippen LogP contribution >= 0.6 is 11.8 Å². The maximum absolute atomic E-state index is 3.27. The van der Waals surface area contributed by atoms with Crippen LogP contribution in [0.1, 0.15) is 26.1 Å². The summed E-state index contributed by atoms with van der Waals surface area (Å²) in [4.78, 5) is 3.27. The summed E-state index contributed by atoms with van der Waals surface area (Å²) in [5.74, 6) is 3.62. The average Bonchev–Trinajstić information content (AvgIpc) is 2.50. The van der Waals surface area contributed by atoms with Crippen LogP contribution in [0.25, 0.3) is 0 Å². The molecule has 0 aliphatic rings. The third kappa shape index (κ3) is 2.55. The Hall–Kier alpha value is -0.440. The summed E-state index contributed by atoms with van der Waals surface area (Å²) < 4.78 is 2.29. The maximum atomic E-state index is 3.27. The second-order valence-corrected chi connectivity index (χ2v) is 4.01. The number of thioether (sulfide) groups is 1. The van der Waals surface area contributed by atoms with Gasteiger partial charge >= 0.3 is 0 Å². The van der Waals surface area contributed by atoms with Crippen LogP contribution in [-0.4, -0.2) is 10.7 Å². The second-order valence-electron chi connectivity index (χ2n) is 2.74. The van der Waals surface area contributed by atoms with Gasteiger partial charge in [-0.25, -0.2) is 9.55 Å². The molecule has 1 N–H and O–H groups in total. The molecule has 1 rings (SSSR count). The smallest absolute Gasteiger partial charge is 0.247 e. The number of aromatic nitrogens is 2. The number of H-pyrrole nitrogens is 1. The van der Waals surface area contributed by atoms with Gasteiger partial charge in [0.1, 0.15) is 12.4 Å². The summed E-state index contributed by atoms with van der Waals surface area (Å²) in [6.45, 7) is 5.53. The first-order valence-electron chi connectivity index (χ1n) is 4.52. The Kier molecular flexibility index (Phi) is 4.22. The van der Waals surface area contributed by atoms with Crippen molar-refractivity contribution >= 4 is 11.8 Å². The quantitative estimate of drug-likeness (QED) is 0.695. The predicted molar refractivity (Wildman–Crippen MR) is 53.1 cm³/mol. The monoisotopic (exact) mass is 185 g/mol. The highest BCUT2D eigenvalue weighted by molar-refractivity contribution is 7.98. The van der Waals surface area contributed by atoms with Gasteiger partial charge in [-0.3, -0.25) is 0 Å². The van der Waals surface area contributed by atoms with Crippen molar-refractivity contribution in [1.29, 1.82) is 0 Å². The van der Waals surface area contributed by atoms with Crippen LogP contribution in [0.5, 0.6) is 0 Å². The molecule has 0 unspecified atom stereocenters. The Labute approximate surface area is 78.4 Å². The van der Waals surface area contributed by atoms with E-state index in [1.165, 1.54) is 18.0 Å². The minimum atomic E-state index is 1.10. The van der Waals surface area contributed by atoms with E-state index in [0.29, 0.717) is 0 Å². The van der Waals surface area contributed by atoms with Crippen LogP contribution in [0.3, 0.4) is 0 Å². The third-order valence-electron chi connectivity index (χ3n) is 1.76. The highest BCUT2D eigenvalue weighted by Gasteiger charge is 2.07. The van der Waals surface area contributed by atoms with Crippen LogP contribution in [0.2, 0.25) is 0 Å². The van der Waals surface area contributed by atoms with Crippen molar-refractivity contribution in [3.8, 4) is 0 Å². The highest BCUT2D eigenvalue weighted by Crippen LogP contribution is 2.05. The first-order valence-corrected chi connectivity index (χ1v) is 5.67. The van der Waals surface area contributed by atoms with Crippen molar-refractivity contribution in [2.75, 3.05) is 5.75 Å². The summed E-state index contributed by atoms with van der Waals surface area (Å²) in [6.07, 6.45) is 5.34. The molecule has 0 spiro atoms. The zero-order valence-corrected chi connectivity index (χ0v) is 8.66. The zero-order chi connectivity index (χ0) is 8.81. The fourth-order valence-electron chi connectivity index (χ4n) is 1.17. The third-order valence-corrected chi connectivity index (χ3v) is 2.64. The molecule has 0 saturated heterocycles. The van der Waals surface area contributed by atoms with Gasteiger partial charge in [0.15, 0.2) is 0 Å². The molecule has 0 amide bonds. The Morgan fingerprint density at radius 2 is 2.33 bits per heavy atom. The SMILES string of the molecule is CCC[n+]1cc[nH]c1CSCC. The molecule has 0 aromatic carbocycles. The van der Waals surface area contributed by atoms with E-state index in [1.54, 1.807) is 0 Å². The Morgan fingerprint density at radius 3 is 3.00 bits per heavy atom. The number of rotatable bonds is 5. The van der Waals surface area contributed by atoms with Crippen molar-refractivity contribution < 1.29 is 4.57 Å². The highest BCUT2D eigenvalue weighted by atomic mass is 32.2. The Balaban J connectivity index is 2.51. The van der Waals surface area contributed by atoms with Gasteiger partial charge in [0.05, 0.1) is 12.3 Å². The summed E-state index contributed by atoms with van der Waals surface area (Å²) in [5.41, 5.74) is 0. The van der Waals surface area contributed by atoms with E-state index in [4.69, 9.17) is 0 Å². The standard InChI is InChI=1S/C9H16N2S/c1-3-6-11-7-5-10-9(11)8-12-4-2/h5,7H,3-4,6,8H2,1-2H3/p+1. The van der Waals surface area contributed by atoms with Crippen molar-refractivity contribution in [3.05, 3.63) is 18.2 Å². The summed E-state index contributed by atoms with van der Waals surface area (Å²) in [5, 5.41) is 0. The lowest BCUT2D eigenvalue weighted by atomic mass is 10.5. The molecule has 0 aliphatic heterocycles. The molecule has 68 valence electrons. The lowest BCUT2D eigenvalue weighted by Crippen LogP contribution is -2.35. The second kappa shape index (κ2) is 5.25. The van der Waals surface area contributed by atoms with Gasteiger partial charge in [-0.15, -0.1) is 11.8 Å². The topological polar surface area (TPSA) is 19.7 Å². The molecule has 0 bridgehead atoms. The maximum Gasteiger partial charge on any atom is 0.264 e. The van der Waals surface area contributed by atoms with E-state index >= 15 is 0 Å². The number of aromatic amines is 1. The molecule has 2 nitrogen and oxygen atoms in total. The fraction of sp³-hybridized carbons (Fsp3) is 0.667. The predicted octanol–water partition coefficient (Wildman–Crippen LogP) is 1.97. The molecule has 3 heteroatoms. The van der Waals surface area contributed by atoms with E-state index in [2.05, 4.69) is 29.6 Å². The number of aryl methyl sites for hydroxylation is 1. The van der Waals surface area contributed by atoms with Crippen LogP contribution in [0.4, 0.5) is 0 Å². The van der Waals surface area contributed by atoms with Crippen molar-refractivity contribution in [3.63, 3.8) is 0 Å². The van der Waals surface area contributed by atoms with Crippen LogP contribution < -0.4 is 4.57 Å². The molecule has 12 heavy (non-hydrogen) atoms. The normalized spacial score (nSPS) is 10.5. The summed E-state index contributed by atoms with van der Waals surface area (Å²) in [6, 6.07) is 0. The number of hydrogen-bond donors (Lipinski definition) is 1. The van der Waals surface area contributed by atoms with Crippen LogP contribution in [0, 0.1) is 0 Å². The van der Waals surface area contributed by atoms with Gasteiger partial charge in [0.2, 0.25) is 0 Å². The first kappa shape index (κ1) is 9.65. The fourth-order valence-corrected chi connectivity index (χ4v) is 1.82. The largest absolute Gasteiger partial charge is 0.264 e. The molecule has 1 aromatic rings. The van der Waals surface area contributed by atoms with E-state index in [-0.39, 0.29) is 0 Å². The first-order chi connectivity index (χ1) is 5.88. The van der Waals surface area contributed by atoms with Gasteiger partial charge in [-0.05, 0) is 12.2 Å². The van der Waals surface area contributed by atoms with Gasteiger partial charge in [-0.2, -0.15) is 0 Å². The molecule has 0 fully saturated rings. The van der Waals surface area contributed by atoms with Crippen molar-refractivity contribution in [2.45, 2.75) is 32.6 Å². The van der Waals surface area contributed by atoms with Gasteiger partial charge in [0, 0.05) is 0 Å². The molecule has 0 saturated carbocycles. The Bertz CT molecular complexity index is 220. The molecule has 0 radical (unpaired) electrons. The molecule has 1 heterocycles. The van der Waals surface area contributed by atoms with Gasteiger partial charge in [-0.1, -0.05) is 13.8 Å². The summed E-state index contributed by atoms with van der Waals surface area (Å²) in [7, 11) is 0. The van der Waals surface area contributed by atoms with Crippen molar-refractivity contribution in [1.82, 2.24) is 4.98 Å². The minimum absolute atomic E-state index is 1.10. The summed E-state index contributed by atoms with van der Waals surface area (Å²) >= 11 is 1.95. The van der Waals surface area contributed by atoms with Crippen LogP contribution in [0.15, 0.2) is 12.4 Å². The van der Waals surface area contributed by atoms with E-state index in [1.807, 2.05) is 18.0 Å². The number of hydrogen-bond acceptors (Lipinski definition) is 1. The van der Waals surface area contributed by atoms with E-state index < -0.39 is 0 Å². The number of nitrogens with one attached hydrogen (secondary N) is 1. The number of nitrogens with zero attached hydrogens (tertiary/aromatic N) is 1. The van der Waals surface area contributed by atoms with Gasteiger partial charge < -0.3 is 0 Å². The van der Waals surface area contributed by atoms with E-state index in [0.717, 1.165) is 12.3 Å². The lowest BCUT2D eigenvalue weighted by molar-refractivity contribution is -0.701.